The molecule has 11 heteroatoms. The van der Waals surface area contributed by atoms with Crippen molar-refractivity contribution in [3.05, 3.63) is 41.5 Å². The first-order valence-electron chi connectivity index (χ1n) is 9.25. The number of hydrogen-bond donors (Lipinski definition) is 1. The Balaban J connectivity index is 1.56. The van der Waals surface area contributed by atoms with Crippen LogP contribution in [0.25, 0.3) is 0 Å². The van der Waals surface area contributed by atoms with E-state index in [-0.39, 0.29) is 43.7 Å². The van der Waals surface area contributed by atoms with E-state index in [1.54, 1.807) is 4.68 Å². The van der Waals surface area contributed by atoms with Gasteiger partial charge in [0.2, 0.25) is 5.91 Å². The van der Waals surface area contributed by atoms with Gasteiger partial charge in [-0.05, 0) is 6.92 Å². The molecule has 1 saturated heterocycles. The van der Waals surface area contributed by atoms with Gasteiger partial charge in [-0.25, -0.2) is 18.0 Å². The normalized spacial score (nSPS) is 20.8. The van der Waals surface area contributed by atoms with Crippen molar-refractivity contribution >= 4 is 23.3 Å². The molecular formula is C19H17F3N6O2. The highest BCUT2D eigenvalue weighted by Gasteiger charge is 2.36. The van der Waals surface area contributed by atoms with Gasteiger partial charge in [-0.2, -0.15) is 10.4 Å². The summed E-state index contributed by atoms with van der Waals surface area (Å²) in [5, 5.41) is 15.8. The number of nitrogens with zero attached hydrogens (tertiary/aromatic N) is 5. The van der Waals surface area contributed by atoms with Gasteiger partial charge in [0.1, 0.15) is 0 Å². The Kier molecular flexibility index (Phi) is 4.85. The molecule has 0 bridgehead atoms. The zero-order chi connectivity index (χ0) is 21.6. The molecule has 8 nitrogen and oxygen atoms in total. The number of aromatic nitrogens is 2. The third-order valence-electron chi connectivity index (χ3n) is 5.24. The number of nitrogens with one attached hydrogen (secondary N) is 1. The number of hydrogen-bond acceptors (Lipinski definition) is 4. The highest BCUT2D eigenvalue weighted by atomic mass is 19.2. The van der Waals surface area contributed by atoms with Crippen LogP contribution >= 0.6 is 0 Å². The second-order valence-corrected chi connectivity index (χ2v) is 7.37. The van der Waals surface area contributed by atoms with Crippen molar-refractivity contribution in [3.8, 4) is 6.07 Å². The maximum atomic E-state index is 13.4. The smallest absolute Gasteiger partial charge is 0.316 e. The molecule has 3 heterocycles. The molecule has 2 atom stereocenters. The number of carbonyl (C=O) groups is 2. The van der Waals surface area contributed by atoms with Crippen LogP contribution in [0, 0.1) is 34.7 Å². The highest BCUT2D eigenvalue weighted by molar-refractivity contribution is 5.96. The SMILES string of the molecule is CC1CN(C(=O)Nc2cc(F)c(F)c(F)c2)Cc2c(N3CC(C#N)CC3=O)cnn21. The average molecular weight is 418 g/mol. The Morgan fingerprint density at radius 2 is 1.97 bits per heavy atom. The van der Waals surface area contributed by atoms with Crippen molar-refractivity contribution < 1.29 is 22.8 Å². The van der Waals surface area contributed by atoms with Gasteiger partial charge < -0.3 is 15.1 Å². The summed E-state index contributed by atoms with van der Waals surface area (Å²) in [4.78, 5) is 27.9. The van der Waals surface area contributed by atoms with Crippen LogP contribution in [0.15, 0.2) is 18.3 Å². The maximum absolute atomic E-state index is 13.4. The molecule has 1 fully saturated rings. The number of carbonyl (C=O) groups excluding carboxylic acids is 2. The van der Waals surface area contributed by atoms with Gasteiger partial charge in [-0.15, -0.1) is 0 Å². The van der Waals surface area contributed by atoms with E-state index in [1.165, 1.54) is 16.0 Å². The minimum atomic E-state index is -1.61. The maximum Gasteiger partial charge on any atom is 0.322 e. The van der Waals surface area contributed by atoms with E-state index in [0.29, 0.717) is 23.5 Å². The summed E-state index contributed by atoms with van der Waals surface area (Å²) in [6.07, 6.45) is 1.66. The number of halogens is 3. The number of rotatable bonds is 2. The standard InChI is InChI=1S/C19H17F3N6O2/c1-10-7-26(19(30)25-12-3-13(20)18(22)14(21)4-12)9-16-15(6-24-28(10)16)27-8-11(5-23)2-17(27)29/h3-4,6,10-11H,2,7-9H2,1H3,(H,25,30). The van der Waals surface area contributed by atoms with Gasteiger partial charge in [-0.1, -0.05) is 0 Å². The number of fused-ring (bicyclic) bond motifs is 1. The van der Waals surface area contributed by atoms with Crippen molar-refractivity contribution in [1.82, 2.24) is 14.7 Å². The Hall–Kier alpha value is -3.55. The lowest BCUT2D eigenvalue weighted by atomic mass is 10.1. The molecule has 2 unspecified atom stereocenters. The monoisotopic (exact) mass is 418 g/mol. The Bertz CT molecular complexity index is 1060. The number of nitriles is 1. The van der Waals surface area contributed by atoms with Crippen molar-refractivity contribution in [2.45, 2.75) is 25.9 Å². The van der Waals surface area contributed by atoms with Gasteiger partial charge in [0.05, 0.1) is 42.2 Å². The minimum Gasteiger partial charge on any atom is -0.316 e. The van der Waals surface area contributed by atoms with Crippen LogP contribution < -0.4 is 10.2 Å². The highest BCUT2D eigenvalue weighted by Crippen LogP contribution is 2.33. The third-order valence-corrected chi connectivity index (χ3v) is 5.24. The zero-order valence-electron chi connectivity index (χ0n) is 15.9. The van der Waals surface area contributed by atoms with Crippen LogP contribution in [0.5, 0.6) is 0 Å². The first kappa shape index (κ1) is 19.8. The lowest BCUT2D eigenvalue weighted by Gasteiger charge is -2.33. The van der Waals surface area contributed by atoms with Gasteiger partial charge in [0.25, 0.3) is 0 Å². The van der Waals surface area contributed by atoms with Gasteiger partial charge in [0.15, 0.2) is 17.5 Å². The lowest BCUT2D eigenvalue weighted by Crippen LogP contribution is -2.43. The second-order valence-electron chi connectivity index (χ2n) is 7.37. The Labute approximate surface area is 169 Å². The van der Waals surface area contributed by atoms with Crippen molar-refractivity contribution in [2.75, 3.05) is 23.3 Å². The summed E-state index contributed by atoms with van der Waals surface area (Å²) < 4.78 is 41.7. The third kappa shape index (κ3) is 3.34. The van der Waals surface area contributed by atoms with Gasteiger partial charge in [-0.3, -0.25) is 9.48 Å². The van der Waals surface area contributed by atoms with Crippen LogP contribution in [0.3, 0.4) is 0 Å². The summed E-state index contributed by atoms with van der Waals surface area (Å²) in [6, 6.07) is 2.63. The number of anilines is 2. The van der Waals surface area contributed by atoms with Crippen molar-refractivity contribution in [2.24, 2.45) is 5.92 Å². The average Bonchev–Trinajstić information content (AvgIpc) is 3.29. The summed E-state index contributed by atoms with van der Waals surface area (Å²) in [6.45, 7) is 2.45. The summed E-state index contributed by atoms with van der Waals surface area (Å²) in [5.41, 5.74) is 0.934. The fraction of sp³-hybridized carbons (Fsp3) is 0.368. The number of urea groups is 1. The molecule has 2 aliphatic heterocycles. The molecule has 30 heavy (non-hydrogen) atoms. The zero-order valence-corrected chi connectivity index (χ0v) is 15.9. The fourth-order valence-corrected chi connectivity index (χ4v) is 3.79. The molecule has 156 valence electrons. The minimum absolute atomic E-state index is 0.0959. The van der Waals surface area contributed by atoms with E-state index in [1.807, 2.05) is 6.92 Å². The summed E-state index contributed by atoms with van der Waals surface area (Å²) >= 11 is 0. The Morgan fingerprint density at radius 3 is 2.60 bits per heavy atom. The van der Waals surface area contributed by atoms with Gasteiger partial charge in [0, 0.05) is 37.3 Å². The Morgan fingerprint density at radius 1 is 1.27 bits per heavy atom. The summed E-state index contributed by atoms with van der Waals surface area (Å²) in [7, 11) is 0. The van der Waals surface area contributed by atoms with E-state index in [2.05, 4.69) is 16.5 Å². The summed E-state index contributed by atoms with van der Waals surface area (Å²) in [5.74, 6) is -5.02. The number of benzene rings is 1. The first-order chi connectivity index (χ1) is 14.3. The van der Waals surface area contributed by atoms with E-state index in [0.717, 1.165) is 0 Å². The van der Waals surface area contributed by atoms with E-state index in [4.69, 9.17) is 5.26 Å². The van der Waals surface area contributed by atoms with E-state index in [9.17, 15) is 22.8 Å². The number of amides is 3. The van der Waals surface area contributed by atoms with Crippen molar-refractivity contribution in [3.63, 3.8) is 0 Å². The second kappa shape index (κ2) is 7.37. The fourth-order valence-electron chi connectivity index (χ4n) is 3.79. The largest absolute Gasteiger partial charge is 0.322 e. The van der Waals surface area contributed by atoms with E-state index >= 15 is 0 Å². The molecule has 1 aromatic heterocycles. The van der Waals surface area contributed by atoms with Crippen molar-refractivity contribution in [1.29, 1.82) is 5.26 Å². The van der Waals surface area contributed by atoms with Crippen LogP contribution in [0.4, 0.5) is 29.3 Å². The predicted molar refractivity (Wildman–Crippen MR) is 98.8 cm³/mol. The molecule has 0 radical (unpaired) electrons. The topological polar surface area (TPSA) is 94.3 Å². The van der Waals surface area contributed by atoms with Crippen LogP contribution in [-0.2, 0) is 11.3 Å². The van der Waals surface area contributed by atoms with E-state index < -0.39 is 29.4 Å². The quantitative estimate of drug-likeness (QED) is 0.759. The molecule has 0 spiro atoms. The lowest BCUT2D eigenvalue weighted by molar-refractivity contribution is -0.117. The molecule has 2 aliphatic rings. The van der Waals surface area contributed by atoms with Crippen LogP contribution in [0.1, 0.15) is 25.1 Å². The molecule has 4 rings (SSSR count). The molecule has 0 aliphatic carbocycles. The molecular weight excluding hydrogens is 401 g/mol. The molecule has 0 saturated carbocycles. The molecule has 1 N–H and O–H groups in total. The van der Waals surface area contributed by atoms with Crippen LogP contribution in [-0.4, -0.2) is 39.7 Å². The molecule has 1 aromatic carbocycles. The van der Waals surface area contributed by atoms with Crippen LogP contribution in [0.2, 0.25) is 0 Å². The molecule has 2 aromatic rings. The first-order valence-corrected chi connectivity index (χ1v) is 9.25. The molecule has 3 amide bonds. The predicted octanol–water partition coefficient (Wildman–Crippen LogP) is 2.79. The van der Waals surface area contributed by atoms with Gasteiger partial charge >= 0.3 is 6.03 Å².